The fourth-order valence-electron chi connectivity index (χ4n) is 7.90. The van der Waals surface area contributed by atoms with Gasteiger partial charge in [0.15, 0.2) is 11.5 Å². The Balaban J connectivity index is 0.00000208. The molecule has 11 heteroatoms. The predicted molar refractivity (Wildman–Crippen MR) is 176 cm³/mol. The fraction of sp³-hybridized carbons (Fsp3) is 0.727. The van der Waals surface area contributed by atoms with Crippen LogP contribution in [0.3, 0.4) is 0 Å². The fourth-order valence-corrected chi connectivity index (χ4v) is 7.90. The van der Waals surface area contributed by atoms with E-state index in [1.165, 1.54) is 12.0 Å². The summed E-state index contributed by atoms with van der Waals surface area (Å²) in [6.45, 7) is 6.58. The van der Waals surface area contributed by atoms with E-state index in [0.29, 0.717) is 42.8 Å². The predicted octanol–water partition coefficient (Wildman–Crippen LogP) is 5.24. The zero-order valence-electron chi connectivity index (χ0n) is 28.8. The Bertz CT molecular complexity index is 1150. The van der Waals surface area contributed by atoms with Crippen molar-refractivity contribution >= 4 is 64.8 Å². The van der Waals surface area contributed by atoms with Gasteiger partial charge in [0.1, 0.15) is 11.9 Å². The van der Waals surface area contributed by atoms with Crippen LogP contribution in [0.1, 0.15) is 105 Å². The summed E-state index contributed by atoms with van der Waals surface area (Å²) in [5, 5.41) is 13.8. The van der Waals surface area contributed by atoms with Gasteiger partial charge in [-0.2, -0.15) is 0 Å². The summed E-state index contributed by atoms with van der Waals surface area (Å²) in [6, 6.07) is 3.85. The molecule has 5 rings (SSSR count). The monoisotopic (exact) mass is 660 g/mol. The molecule has 2 bridgehead atoms. The zero-order valence-corrected chi connectivity index (χ0v) is 30.2. The maximum atomic E-state index is 12.5. The maximum Gasteiger partial charge on any atom is 2.00 e. The molecule has 44 heavy (non-hydrogen) atoms. The van der Waals surface area contributed by atoms with Gasteiger partial charge < -0.3 is 27.6 Å². The molecule has 1 heterocycles. The minimum atomic E-state index is -0.844. The van der Waals surface area contributed by atoms with Crippen molar-refractivity contribution in [3.8, 4) is 11.5 Å². The van der Waals surface area contributed by atoms with Gasteiger partial charge in [0.05, 0.1) is 6.10 Å². The molecule has 1 aromatic carbocycles. The maximum absolute atomic E-state index is 12.5. The topological polar surface area (TPSA) is 123 Å². The number of ether oxygens (including phenoxy) is 2. The summed E-state index contributed by atoms with van der Waals surface area (Å²) in [6.07, 6.45) is 10.0. The number of hydroxylamine groups is 1. The quantitative estimate of drug-likeness (QED) is 0.0619. The van der Waals surface area contributed by atoms with E-state index in [1.807, 2.05) is 13.6 Å². The van der Waals surface area contributed by atoms with E-state index in [0.717, 1.165) is 76.2 Å². The number of rotatable bonds is 14. The summed E-state index contributed by atoms with van der Waals surface area (Å²) >= 11 is 0. The van der Waals surface area contributed by atoms with Crippen LogP contribution in [-0.4, -0.2) is 92.7 Å². The van der Waals surface area contributed by atoms with Crippen LogP contribution in [0, 0.1) is 17.8 Å². The summed E-state index contributed by atoms with van der Waals surface area (Å²) in [4.78, 5) is 40.8. The Hall–Kier alpha value is -0.960. The first-order valence-electron chi connectivity index (χ1n) is 16.3. The smallest absolute Gasteiger partial charge is 1.00 e. The van der Waals surface area contributed by atoms with Crippen molar-refractivity contribution in [2.75, 3.05) is 19.8 Å². The number of aliphatic hydroxyl groups excluding tert-OH is 1. The second-order valence-electron chi connectivity index (χ2n) is 12.6. The van der Waals surface area contributed by atoms with Crippen LogP contribution < -0.4 is 20.3 Å². The van der Waals surface area contributed by atoms with Gasteiger partial charge in [0.2, 0.25) is 5.91 Å². The van der Waals surface area contributed by atoms with Crippen molar-refractivity contribution in [1.29, 1.82) is 0 Å². The first-order valence-corrected chi connectivity index (χ1v) is 17.4. The van der Waals surface area contributed by atoms with Gasteiger partial charge in [-0.15, -0.1) is 14.7 Å². The van der Waals surface area contributed by atoms with Crippen LogP contribution in [0.5, 0.6) is 11.5 Å². The number of hydrogen-bond donors (Lipinski definition) is 3. The Morgan fingerprint density at radius 3 is 2.66 bits per heavy atom. The van der Waals surface area contributed by atoms with E-state index in [1.54, 1.807) is 13.0 Å². The average Bonchev–Trinajstić information content (AvgIpc) is 3.34. The minimum Gasteiger partial charge on any atom is -1.00 e. The van der Waals surface area contributed by atoms with Crippen LogP contribution in [0.2, 0.25) is 0 Å². The Morgan fingerprint density at radius 1 is 1.11 bits per heavy atom. The van der Waals surface area contributed by atoms with Crippen molar-refractivity contribution in [2.45, 2.75) is 115 Å². The molecular weight excluding hydrogens is 607 g/mol. The van der Waals surface area contributed by atoms with Crippen LogP contribution >= 0.6 is 9.24 Å². The molecule has 3 N–H and O–H groups in total. The van der Waals surface area contributed by atoms with Gasteiger partial charge in [0.25, 0.3) is 0 Å². The van der Waals surface area contributed by atoms with E-state index < -0.39 is 12.3 Å². The number of Topliss-reactive ketones (excluding diaryl/α,β-unsaturated/α-hetero) is 1. The van der Waals surface area contributed by atoms with E-state index in [4.69, 9.17) is 14.3 Å². The van der Waals surface area contributed by atoms with E-state index >= 15 is 0 Å². The standard InChI is InChI=1S/C32H46N2O7.CH5P.Ca.2H/c1-20(21(2)35)9-5-7-17-33-27(37)11-4-3-6-18-34-41-31(38)39-26-15-12-23-19-22-10-8-16-32-24(22)13-14-25(36)30(32)40-29(26)28(23)32;1-2;;;/h12,15,20,22,24-25,30,34,36H,3-11,13-14,16-19H2,1-2H3,(H,33,37);2H2,1H3;;;/q;;+2;2*-1. The molecule has 7 atom stereocenters. The second-order valence-corrected chi connectivity index (χ2v) is 12.6. The van der Waals surface area contributed by atoms with Gasteiger partial charge in [-0.05, 0) is 88.2 Å². The number of aliphatic hydroxyl groups is 1. The number of unbranched alkanes of at least 4 members (excludes halogenated alkanes) is 3. The minimum absolute atomic E-state index is 0. The van der Waals surface area contributed by atoms with E-state index in [-0.39, 0.29) is 69.7 Å². The van der Waals surface area contributed by atoms with Crippen molar-refractivity contribution in [3.05, 3.63) is 23.3 Å². The van der Waals surface area contributed by atoms with Crippen molar-refractivity contribution in [2.24, 2.45) is 17.8 Å². The van der Waals surface area contributed by atoms with Crippen molar-refractivity contribution in [1.82, 2.24) is 10.8 Å². The largest absolute Gasteiger partial charge is 2.00 e. The molecule has 0 aromatic heterocycles. The van der Waals surface area contributed by atoms with Crippen molar-refractivity contribution < 1.29 is 36.7 Å². The first-order chi connectivity index (χ1) is 20.8. The summed E-state index contributed by atoms with van der Waals surface area (Å²) < 4.78 is 12.0. The average molecular weight is 661 g/mol. The zero-order chi connectivity index (χ0) is 31.0. The van der Waals surface area contributed by atoms with Gasteiger partial charge >= 0.3 is 43.9 Å². The third kappa shape index (κ3) is 8.49. The number of hydrogen-bond acceptors (Lipinski definition) is 8. The normalized spacial score (nSPS) is 26.0. The molecule has 7 unspecified atom stereocenters. The number of benzene rings is 1. The van der Waals surface area contributed by atoms with Gasteiger partial charge in [-0.1, -0.05) is 38.9 Å². The van der Waals surface area contributed by atoms with Crippen LogP contribution in [0.4, 0.5) is 4.79 Å². The van der Waals surface area contributed by atoms with Crippen LogP contribution in [0.15, 0.2) is 12.1 Å². The Kier molecular flexibility index (Phi) is 15.2. The molecule has 3 aliphatic carbocycles. The molecule has 9 nitrogen and oxygen atoms in total. The number of amides is 1. The Labute approximate surface area is 297 Å². The third-order valence-electron chi connectivity index (χ3n) is 10.0. The second kappa shape index (κ2) is 17.8. The first kappa shape index (κ1) is 37.5. The third-order valence-corrected chi connectivity index (χ3v) is 10.0. The molecule has 1 amide bonds. The number of carbonyl (C=O) groups excluding carboxylic acids is 3. The molecule has 1 spiro atoms. The number of nitrogens with one attached hydrogen (secondary N) is 2. The molecule has 0 saturated heterocycles. The van der Waals surface area contributed by atoms with Gasteiger partial charge in [0, 0.05) is 36.4 Å². The van der Waals surface area contributed by atoms with Gasteiger partial charge in [-0.3, -0.25) is 9.59 Å². The van der Waals surface area contributed by atoms with Crippen LogP contribution in [-0.2, 0) is 26.3 Å². The molecular formula is C33H53CaN2O7P. The van der Waals surface area contributed by atoms with E-state index in [2.05, 4.69) is 26.1 Å². The Morgan fingerprint density at radius 2 is 1.89 bits per heavy atom. The van der Waals surface area contributed by atoms with Gasteiger partial charge in [-0.25, -0.2) is 4.79 Å². The molecule has 2 saturated carbocycles. The summed E-state index contributed by atoms with van der Waals surface area (Å²) in [5.41, 5.74) is 4.92. The molecule has 244 valence electrons. The van der Waals surface area contributed by atoms with E-state index in [9.17, 15) is 19.5 Å². The van der Waals surface area contributed by atoms with Crippen LogP contribution in [0.25, 0.3) is 0 Å². The number of carbonyl (C=O) groups is 3. The van der Waals surface area contributed by atoms with Crippen molar-refractivity contribution in [3.63, 3.8) is 0 Å². The molecule has 2 fully saturated rings. The molecule has 1 aliphatic heterocycles. The summed E-state index contributed by atoms with van der Waals surface area (Å²) in [5.74, 6) is 2.46. The molecule has 0 radical (unpaired) electrons. The summed E-state index contributed by atoms with van der Waals surface area (Å²) in [7, 11) is 2.42. The molecule has 1 aromatic rings. The molecule has 4 aliphatic rings. The SMILES string of the molecule is CC(=O)C(C)CCCCNC(=O)CCCCCNOC(=O)Oc1ccc2c3c1OC1C(O)CCC4C(CCCC341)C2.CP.[Ca+2].[H-].[H-]. The number of ketones is 1.